The largest absolute Gasteiger partial charge is 0.512 e. The maximum atomic E-state index is 12.0. The monoisotopic (exact) mass is 845 g/mol. The molecular formula is C43H56IrNO2S-. The Morgan fingerprint density at radius 2 is 1.60 bits per heavy atom. The van der Waals surface area contributed by atoms with Gasteiger partial charge in [0.15, 0.2) is 5.78 Å². The third-order valence-corrected chi connectivity index (χ3v) is 10.7. The van der Waals surface area contributed by atoms with Crippen LogP contribution >= 0.6 is 11.8 Å². The van der Waals surface area contributed by atoms with Crippen LogP contribution in [-0.4, -0.2) is 15.9 Å². The summed E-state index contributed by atoms with van der Waals surface area (Å²) in [5, 5.41) is 14.0. The van der Waals surface area contributed by atoms with Crippen LogP contribution in [0.15, 0.2) is 70.2 Å². The maximum Gasteiger partial charge on any atom is 0.164 e. The molecule has 1 aliphatic heterocycles. The van der Waals surface area contributed by atoms with E-state index >= 15 is 0 Å². The van der Waals surface area contributed by atoms with Gasteiger partial charge >= 0.3 is 0 Å². The molecule has 0 atom stereocenters. The minimum Gasteiger partial charge on any atom is -0.512 e. The van der Waals surface area contributed by atoms with Gasteiger partial charge in [-0.1, -0.05) is 117 Å². The molecule has 1 aromatic heterocycles. The number of fused-ring (bicyclic) bond motifs is 3. The van der Waals surface area contributed by atoms with Crippen LogP contribution in [0.5, 0.6) is 0 Å². The second-order valence-electron chi connectivity index (χ2n) is 15.9. The van der Waals surface area contributed by atoms with E-state index in [0.717, 1.165) is 70.8 Å². The van der Waals surface area contributed by atoms with Crippen LogP contribution in [0.1, 0.15) is 116 Å². The van der Waals surface area contributed by atoms with E-state index in [0.29, 0.717) is 0 Å². The van der Waals surface area contributed by atoms with Crippen LogP contribution < -0.4 is 0 Å². The van der Waals surface area contributed by atoms with Gasteiger partial charge in [0.05, 0.1) is 8.50 Å². The van der Waals surface area contributed by atoms with Gasteiger partial charge < -0.3 is 5.11 Å². The smallest absolute Gasteiger partial charge is 0.164 e. The molecule has 0 saturated heterocycles. The van der Waals surface area contributed by atoms with Crippen molar-refractivity contribution in [1.29, 1.82) is 0 Å². The number of ketones is 1. The van der Waals surface area contributed by atoms with Gasteiger partial charge in [-0.2, -0.15) is 0 Å². The summed E-state index contributed by atoms with van der Waals surface area (Å²) in [6.45, 7) is 23.6. The van der Waals surface area contributed by atoms with Crippen molar-refractivity contribution < 1.29 is 32.7 Å². The van der Waals surface area contributed by atoms with E-state index < -0.39 is 0 Å². The quantitative estimate of drug-likeness (QED) is 0.0912. The summed E-state index contributed by atoms with van der Waals surface area (Å²) < 4.78 is 17.1. The Balaban J connectivity index is 0.000000340. The average Bonchev–Trinajstić information content (AvgIpc) is 3.02. The Labute approximate surface area is 311 Å². The molecule has 0 unspecified atom stereocenters. The molecule has 261 valence electrons. The third kappa shape index (κ3) is 9.20. The first kappa shape index (κ1) is 36.8. The van der Waals surface area contributed by atoms with Gasteiger partial charge in [-0.05, 0) is 82.7 Å². The predicted octanol–water partition coefficient (Wildman–Crippen LogP) is 12.8. The molecule has 1 N–H and O–H groups in total. The van der Waals surface area contributed by atoms with Crippen LogP contribution in [0.3, 0.4) is 0 Å². The van der Waals surface area contributed by atoms with Gasteiger partial charge in [0.1, 0.15) is 0 Å². The maximum absolute atomic E-state index is 12.0. The Morgan fingerprint density at radius 3 is 2.19 bits per heavy atom. The molecule has 5 rings (SSSR count). The standard InChI is InChI=1S/C29H30NS.C14H26O2.Ir/c1-28(2,3)16-18-13-20-11-12-30-26-22-15-19-9-7-8-10-21(19)23(17-29(4,5)6)27(22)31-24(14-18)25(20)26;1-6-11(7-2)12(15)10-13(16)14(5,8-3)9-4;/h7-14H,16-17H2,1-6H3;10-11,15H,6-9H2,1-5H3;/q-1;;/b;12-10-;/i11D,12D;;. The molecule has 0 saturated carbocycles. The van der Waals surface area contributed by atoms with Crippen molar-refractivity contribution in [2.75, 3.05) is 0 Å². The van der Waals surface area contributed by atoms with Crippen molar-refractivity contribution in [3.8, 4) is 11.3 Å². The van der Waals surface area contributed by atoms with Gasteiger partial charge in [0.25, 0.3) is 0 Å². The molecule has 0 aliphatic carbocycles. The van der Waals surface area contributed by atoms with Crippen molar-refractivity contribution in [1.82, 2.24) is 4.98 Å². The molecule has 3 aromatic carbocycles. The van der Waals surface area contributed by atoms with Crippen LogP contribution in [-0.2, 0) is 37.7 Å². The van der Waals surface area contributed by atoms with E-state index in [1.54, 1.807) is 11.8 Å². The number of pyridine rings is 1. The number of rotatable bonds is 9. The van der Waals surface area contributed by atoms with Crippen LogP contribution in [0.25, 0.3) is 32.8 Å². The molecule has 1 aliphatic rings. The van der Waals surface area contributed by atoms with Crippen LogP contribution in [0, 0.1) is 28.2 Å². The number of allylic oxidation sites excluding steroid dienone is 2. The van der Waals surface area contributed by atoms with Crippen LogP contribution in [0.4, 0.5) is 0 Å². The number of aliphatic hydroxyl groups excluding tert-OH is 1. The van der Waals surface area contributed by atoms with E-state index in [4.69, 9.17) is 2.74 Å². The molecule has 0 bridgehead atoms. The fourth-order valence-electron chi connectivity index (χ4n) is 6.34. The minimum absolute atomic E-state index is 0. The van der Waals surface area contributed by atoms with Crippen molar-refractivity contribution in [2.45, 2.75) is 124 Å². The summed E-state index contributed by atoms with van der Waals surface area (Å²) in [7, 11) is 0. The summed E-state index contributed by atoms with van der Waals surface area (Å²) >= 11 is 1.80. The fourth-order valence-corrected chi connectivity index (χ4v) is 7.63. The zero-order valence-corrected chi connectivity index (χ0v) is 34.1. The molecule has 48 heavy (non-hydrogen) atoms. The second-order valence-corrected chi connectivity index (χ2v) is 16.9. The third-order valence-electron chi connectivity index (χ3n) is 9.50. The molecule has 1 radical (unpaired) electrons. The summed E-state index contributed by atoms with van der Waals surface area (Å²) in [6, 6.07) is 16.7. The van der Waals surface area contributed by atoms with Gasteiger partial charge in [-0.25, -0.2) is 0 Å². The first-order valence-electron chi connectivity index (χ1n) is 18.4. The topological polar surface area (TPSA) is 50.2 Å². The number of carbonyl (C=O) groups is 1. The van der Waals surface area contributed by atoms with E-state index in [1.807, 2.05) is 34.6 Å². The van der Waals surface area contributed by atoms with Crippen molar-refractivity contribution in [2.24, 2.45) is 22.2 Å². The number of aliphatic hydroxyl groups is 1. The number of aromatic nitrogens is 1. The normalized spacial score (nSPS) is 13.8. The number of hydrogen-bond acceptors (Lipinski definition) is 4. The fraction of sp³-hybridized carbons (Fsp3) is 0.488. The number of carbonyl (C=O) groups excluding carboxylic acids is 1. The van der Waals surface area contributed by atoms with Crippen molar-refractivity contribution >= 4 is 39.1 Å². The molecule has 0 fully saturated rings. The zero-order valence-electron chi connectivity index (χ0n) is 32.9. The first-order chi connectivity index (χ1) is 22.9. The van der Waals surface area contributed by atoms with Gasteiger partial charge in [0, 0.05) is 54.3 Å². The molecule has 2 heterocycles. The van der Waals surface area contributed by atoms with Gasteiger partial charge in [-0.3, -0.25) is 9.78 Å². The van der Waals surface area contributed by atoms with E-state index in [2.05, 4.69) is 89.0 Å². The average molecular weight is 845 g/mol. The number of nitrogens with zero attached hydrogens (tertiary/aromatic N) is 1. The summed E-state index contributed by atoms with van der Waals surface area (Å²) in [5.74, 6) is 0.437. The molecule has 3 nitrogen and oxygen atoms in total. The summed E-state index contributed by atoms with van der Waals surface area (Å²) in [4.78, 5) is 19.0. The van der Waals surface area contributed by atoms with Crippen LogP contribution in [0.2, 0.25) is 0 Å². The predicted molar refractivity (Wildman–Crippen MR) is 202 cm³/mol. The second kappa shape index (κ2) is 16.0. The Bertz CT molecular complexity index is 1880. The van der Waals surface area contributed by atoms with E-state index in [-0.39, 0.29) is 66.0 Å². The van der Waals surface area contributed by atoms with E-state index in [9.17, 15) is 9.90 Å². The first-order valence-corrected chi connectivity index (χ1v) is 18.2. The van der Waals surface area contributed by atoms with Gasteiger partial charge in [-0.15, -0.1) is 29.3 Å². The Hall–Kier alpha value is -2.46. The SMILES string of the molecule is CCC(CC)/C(O)=C/C(=O)C(C)(CC)CC.[2H]c1nc2c3c(cc(CC(C)(C)C)cc3c1[2H])Sc1c-2[c-]c2ccccc2c1CC(C)(C)C.[Ir]. The molecule has 0 amide bonds. The summed E-state index contributed by atoms with van der Waals surface area (Å²) in [6.07, 6.45) is 6.74. The zero-order chi connectivity index (χ0) is 36.5. The Morgan fingerprint density at radius 1 is 0.979 bits per heavy atom. The van der Waals surface area contributed by atoms with Crippen molar-refractivity contribution in [3.05, 3.63) is 77.6 Å². The van der Waals surface area contributed by atoms with Crippen molar-refractivity contribution in [3.63, 3.8) is 0 Å². The number of hydrogen-bond donors (Lipinski definition) is 1. The Kier molecular flexibility index (Phi) is 12.3. The number of benzene rings is 3. The van der Waals surface area contributed by atoms with E-state index in [1.165, 1.54) is 27.5 Å². The molecule has 4 aromatic rings. The molecule has 0 spiro atoms. The summed E-state index contributed by atoms with van der Waals surface area (Å²) in [5.41, 5.74) is 4.28. The van der Waals surface area contributed by atoms with Gasteiger partial charge in [0.2, 0.25) is 0 Å². The molecule has 5 heteroatoms. The minimum atomic E-state index is -0.319. The molecular weight excluding hydrogens is 787 g/mol.